The molecule has 1 unspecified atom stereocenters. The Balaban J connectivity index is 1.86. The van der Waals surface area contributed by atoms with Gasteiger partial charge in [0.25, 0.3) is 11.8 Å². The fourth-order valence-corrected chi connectivity index (χ4v) is 3.54. The Kier molecular flexibility index (Phi) is 5.21. The van der Waals surface area contributed by atoms with E-state index in [1.165, 1.54) is 4.90 Å². The van der Waals surface area contributed by atoms with Crippen molar-refractivity contribution in [3.8, 4) is 0 Å². The van der Waals surface area contributed by atoms with Gasteiger partial charge in [-0.15, -0.1) is 0 Å². The Bertz CT molecular complexity index is 916. The molecule has 0 bridgehead atoms. The van der Waals surface area contributed by atoms with Crippen LogP contribution in [0.1, 0.15) is 59.9 Å². The summed E-state index contributed by atoms with van der Waals surface area (Å²) in [4.78, 5) is 53.2. The van der Waals surface area contributed by atoms with Crippen molar-refractivity contribution in [3.05, 3.63) is 47.2 Å². The van der Waals surface area contributed by atoms with Crippen molar-refractivity contribution in [2.45, 2.75) is 51.7 Å². The molecule has 154 valence electrons. The van der Waals surface area contributed by atoms with Crippen molar-refractivity contribution < 1.29 is 19.2 Å². The minimum Gasteiger partial charge on any atom is -0.333 e. The predicted octanol–water partition coefficient (Wildman–Crippen LogP) is 2.01. The van der Waals surface area contributed by atoms with Crippen molar-refractivity contribution in [3.63, 3.8) is 0 Å². The van der Waals surface area contributed by atoms with Gasteiger partial charge in [0.05, 0.1) is 11.1 Å². The molecule has 0 saturated carbocycles. The van der Waals surface area contributed by atoms with E-state index in [9.17, 15) is 19.2 Å². The van der Waals surface area contributed by atoms with Crippen LogP contribution in [0.2, 0.25) is 0 Å². The van der Waals surface area contributed by atoms with Crippen LogP contribution in [-0.2, 0) is 11.3 Å². The van der Waals surface area contributed by atoms with Crippen molar-refractivity contribution in [1.82, 2.24) is 20.4 Å². The molecule has 3 rings (SSSR count). The third kappa shape index (κ3) is 4.01. The van der Waals surface area contributed by atoms with Crippen molar-refractivity contribution >= 4 is 23.8 Å². The monoisotopic (exact) mass is 398 g/mol. The smallest absolute Gasteiger partial charge is 0.317 e. The Morgan fingerprint density at radius 3 is 2.59 bits per heavy atom. The van der Waals surface area contributed by atoms with E-state index in [-0.39, 0.29) is 23.7 Å². The maximum atomic E-state index is 13.1. The quantitative estimate of drug-likeness (QED) is 0.761. The van der Waals surface area contributed by atoms with Gasteiger partial charge in [-0.1, -0.05) is 18.7 Å². The highest BCUT2D eigenvalue weighted by Gasteiger charge is 2.45. The van der Waals surface area contributed by atoms with Gasteiger partial charge in [-0.2, -0.15) is 0 Å². The highest BCUT2D eigenvalue weighted by molar-refractivity contribution is 6.23. The lowest BCUT2D eigenvalue weighted by atomic mass is 10.0. The third-order valence-corrected chi connectivity index (χ3v) is 4.90. The first-order chi connectivity index (χ1) is 13.5. The van der Waals surface area contributed by atoms with Crippen molar-refractivity contribution in [1.29, 1.82) is 0 Å². The maximum Gasteiger partial charge on any atom is 0.317 e. The van der Waals surface area contributed by atoms with E-state index >= 15 is 0 Å². The fraction of sp³-hybridized carbons (Fsp3) is 0.429. The molecule has 29 heavy (non-hydrogen) atoms. The summed E-state index contributed by atoms with van der Waals surface area (Å²) in [6, 6.07) is 3.84. The molecule has 2 N–H and O–H groups in total. The van der Waals surface area contributed by atoms with Gasteiger partial charge in [0.15, 0.2) is 0 Å². The molecule has 1 aromatic rings. The lowest BCUT2D eigenvalue weighted by Gasteiger charge is -2.29. The van der Waals surface area contributed by atoms with Crippen LogP contribution in [-0.4, -0.2) is 52.2 Å². The molecule has 0 spiro atoms. The van der Waals surface area contributed by atoms with Gasteiger partial charge in [0.2, 0.25) is 5.91 Å². The molecule has 1 saturated heterocycles. The number of allylic oxidation sites excluding steroid dienone is 1. The summed E-state index contributed by atoms with van der Waals surface area (Å²) in [5.41, 5.74) is 1.26. The van der Waals surface area contributed by atoms with Crippen LogP contribution in [0.3, 0.4) is 0 Å². The molecule has 2 aliphatic rings. The molecular formula is C21H26N4O4. The van der Waals surface area contributed by atoms with Gasteiger partial charge in [0, 0.05) is 24.8 Å². The van der Waals surface area contributed by atoms with Gasteiger partial charge in [0.1, 0.15) is 6.04 Å². The van der Waals surface area contributed by atoms with E-state index in [0.29, 0.717) is 24.1 Å². The summed E-state index contributed by atoms with van der Waals surface area (Å²) in [6.07, 6.45) is 0.853. The summed E-state index contributed by atoms with van der Waals surface area (Å²) in [5.74, 6) is -1.39. The Morgan fingerprint density at radius 2 is 1.97 bits per heavy atom. The zero-order chi connectivity index (χ0) is 21.5. The van der Waals surface area contributed by atoms with Crippen LogP contribution >= 0.6 is 0 Å². The Hall–Kier alpha value is -3.16. The van der Waals surface area contributed by atoms with E-state index in [4.69, 9.17) is 0 Å². The number of hydrogen-bond donors (Lipinski definition) is 2. The van der Waals surface area contributed by atoms with E-state index < -0.39 is 29.3 Å². The van der Waals surface area contributed by atoms with Gasteiger partial charge in [-0.05, 0) is 45.2 Å². The number of nitrogens with one attached hydrogen (secondary N) is 2. The van der Waals surface area contributed by atoms with Crippen molar-refractivity contribution in [2.24, 2.45) is 0 Å². The summed E-state index contributed by atoms with van der Waals surface area (Å²) in [5, 5.41) is 5.48. The molecule has 1 fully saturated rings. The topological polar surface area (TPSA) is 98.8 Å². The SMILES string of the molecule is C=C1CCC(N2C(=O)c3cccc(CN(C)C(=O)NC(C)(C)C)c3C2=O)C(=O)N1. The molecule has 0 aliphatic carbocycles. The zero-order valence-corrected chi connectivity index (χ0v) is 17.2. The summed E-state index contributed by atoms with van der Waals surface area (Å²) in [6.45, 7) is 9.52. The fourth-order valence-electron chi connectivity index (χ4n) is 3.54. The normalized spacial score (nSPS) is 19.2. The molecule has 8 nitrogen and oxygen atoms in total. The highest BCUT2D eigenvalue weighted by atomic mass is 16.2. The van der Waals surface area contributed by atoms with E-state index in [0.717, 1.165) is 4.90 Å². The standard InChI is InChI=1S/C21H26N4O4/c1-12-9-10-15(17(26)22-12)25-18(27)14-8-6-7-13(16(14)19(25)28)11-24(5)20(29)23-21(2,3)4/h6-8,15H,1,9-11H2,2-5H3,(H,22,26)(H,23,29). The average molecular weight is 398 g/mol. The number of hydrogen-bond acceptors (Lipinski definition) is 4. The van der Waals surface area contributed by atoms with Crippen LogP contribution in [0.5, 0.6) is 0 Å². The summed E-state index contributed by atoms with van der Waals surface area (Å²) < 4.78 is 0. The minimum atomic E-state index is -0.859. The molecular weight excluding hydrogens is 372 g/mol. The van der Waals surface area contributed by atoms with Crippen LogP contribution in [0.25, 0.3) is 0 Å². The van der Waals surface area contributed by atoms with Crippen LogP contribution in [0.15, 0.2) is 30.5 Å². The zero-order valence-electron chi connectivity index (χ0n) is 17.2. The number of fused-ring (bicyclic) bond motifs is 1. The van der Waals surface area contributed by atoms with E-state index in [1.807, 2.05) is 20.8 Å². The summed E-state index contributed by atoms with van der Waals surface area (Å²) >= 11 is 0. The second kappa shape index (κ2) is 7.35. The lowest BCUT2D eigenvalue weighted by molar-refractivity contribution is -0.125. The average Bonchev–Trinajstić information content (AvgIpc) is 2.86. The first kappa shape index (κ1) is 20.6. The number of piperidine rings is 1. The van der Waals surface area contributed by atoms with E-state index in [2.05, 4.69) is 17.2 Å². The molecule has 5 amide bonds. The molecule has 1 atom stereocenters. The molecule has 0 aromatic heterocycles. The van der Waals surface area contributed by atoms with E-state index in [1.54, 1.807) is 25.2 Å². The second-order valence-corrected chi connectivity index (χ2v) is 8.50. The minimum absolute atomic E-state index is 0.158. The first-order valence-corrected chi connectivity index (χ1v) is 9.51. The van der Waals surface area contributed by atoms with Gasteiger partial charge >= 0.3 is 6.03 Å². The number of carbonyl (C=O) groups is 4. The third-order valence-electron chi connectivity index (χ3n) is 4.90. The van der Waals surface area contributed by atoms with Crippen LogP contribution in [0, 0.1) is 0 Å². The number of carbonyl (C=O) groups excluding carboxylic acids is 4. The maximum absolute atomic E-state index is 13.1. The number of nitrogens with zero attached hydrogens (tertiary/aromatic N) is 2. The Morgan fingerprint density at radius 1 is 1.28 bits per heavy atom. The highest BCUT2D eigenvalue weighted by Crippen LogP contribution is 2.31. The first-order valence-electron chi connectivity index (χ1n) is 9.51. The second-order valence-electron chi connectivity index (χ2n) is 8.50. The summed E-state index contributed by atoms with van der Waals surface area (Å²) in [7, 11) is 1.62. The molecule has 1 aromatic carbocycles. The number of imide groups is 1. The van der Waals surface area contributed by atoms with Crippen LogP contribution in [0.4, 0.5) is 4.79 Å². The largest absolute Gasteiger partial charge is 0.333 e. The molecule has 0 radical (unpaired) electrons. The number of urea groups is 1. The number of amides is 5. The Labute approximate surface area is 169 Å². The van der Waals surface area contributed by atoms with Gasteiger partial charge in [-0.3, -0.25) is 19.3 Å². The number of benzene rings is 1. The number of rotatable bonds is 3. The lowest BCUT2D eigenvalue weighted by Crippen LogP contribution is -2.51. The van der Waals surface area contributed by atoms with Gasteiger partial charge < -0.3 is 15.5 Å². The van der Waals surface area contributed by atoms with Crippen molar-refractivity contribution in [2.75, 3.05) is 7.05 Å². The molecule has 2 aliphatic heterocycles. The van der Waals surface area contributed by atoms with Crippen LogP contribution < -0.4 is 10.6 Å². The van der Waals surface area contributed by atoms with Gasteiger partial charge in [-0.25, -0.2) is 4.79 Å². The molecule has 2 heterocycles. The molecule has 8 heteroatoms. The predicted molar refractivity (Wildman–Crippen MR) is 107 cm³/mol.